The Morgan fingerprint density at radius 3 is 2.38 bits per heavy atom. The highest BCUT2D eigenvalue weighted by atomic mass is 32.1. The van der Waals surface area contributed by atoms with Crippen LogP contribution in [0.25, 0.3) is 0 Å². The summed E-state index contributed by atoms with van der Waals surface area (Å²) < 4.78 is 5.18. The number of nitrogens with zero attached hydrogens (tertiary/aromatic N) is 1. The standard InChI is InChI=1S/C19H18N2O2S/c22-19(23-14-16-9-5-2-6-10-16)21-13-18-20-12-17(24-18)11-15-7-3-1-4-8-15/h1-10,12H,11,13-14H2,(H,21,22). The highest BCUT2D eigenvalue weighted by Gasteiger charge is 2.06. The van der Waals surface area contributed by atoms with E-state index in [4.69, 9.17) is 4.74 Å². The molecule has 0 bridgehead atoms. The molecule has 4 nitrogen and oxygen atoms in total. The van der Waals surface area contributed by atoms with Gasteiger partial charge in [-0.25, -0.2) is 9.78 Å². The van der Waals surface area contributed by atoms with Crippen molar-refractivity contribution in [3.05, 3.63) is 87.9 Å². The molecule has 1 N–H and O–H groups in total. The van der Waals surface area contributed by atoms with E-state index in [2.05, 4.69) is 22.4 Å². The second kappa shape index (κ2) is 8.26. The van der Waals surface area contributed by atoms with Crippen molar-refractivity contribution in [1.29, 1.82) is 0 Å². The van der Waals surface area contributed by atoms with Crippen LogP contribution in [0, 0.1) is 0 Å². The van der Waals surface area contributed by atoms with E-state index in [0.29, 0.717) is 6.54 Å². The number of thiazole rings is 1. The van der Waals surface area contributed by atoms with Crippen LogP contribution in [-0.2, 0) is 24.3 Å². The summed E-state index contributed by atoms with van der Waals surface area (Å²) in [4.78, 5) is 17.3. The Hall–Kier alpha value is -2.66. The van der Waals surface area contributed by atoms with E-state index in [-0.39, 0.29) is 6.61 Å². The van der Waals surface area contributed by atoms with Gasteiger partial charge in [0.05, 0.1) is 6.54 Å². The lowest BCUT2D eigenvalue weighted by Crippen LogP contribution is -2.23. The highest BCUT2D eigenvalue weighted by Crippen LogP contribution is 2.17. The van der Waals surface area contributed by atoms with Crippen LogP contribution in [-0.4, -0.2) is 11.1 Å². The number of ether oxygens (including phenoxy) is 1. The largest absolute Gasteiger partial charge is 0.445 e. The van der Waals surface area contributed by atoms with Gasteiger partial charge >= 0.3 is 6.09 Å². The molecule has 5 heteroatoms. The summed E-state index contributed by atoms with van der Waals surface area (Å²) in [6.45, 7) is 0.650. The number of aromatic nitrogens is 1. The van der Waals surface area contributed by atoms with Crippen LogP contribution in [0.5, 0.6) is 0 Å². The molecule has 24 heavy (non-hydrogen) atoms. The number of nitrogens with one attached hydrogen (secondary N) is 1. The Morgan fingerprint density at radius 1 is 1.00 bits per heavy atom. The van der Waals surface area contributed by atoms with Crippen molar-refractivity contribution >= 4 is 17.4 Å². The quantitative estimate of drug-likeness (QED) is 0.734. The first-order valence-electron chi connectivity index (χ1n) is 7.71. The maximum Gasteiger partial charge on any atom is 0.407 e. The molecular weight excluding hydrogens is 320 g/mol. The molecule has 3 aromatic rings. The van der Waals surface area contributed by atoms with Gasteiger partial charge in [0.15, 0.2) is 0 Å². The van der Waals surface area contributed by atoms with Crippen molar-refractivity contribution in [2.24, 2.45) is 0 Å². The lowest BCUT2D eigenvalue weighted by Gasteiger charge is -2.05. The third-order valence-electron chi connectivity index (χ3n) is 3.42. The summed E-state index contributed by atoms with van der Waals surface area (Å²) in [7, 11) is 0. The molecule has 1 amide bonds. The molecule has 1 heterocycles. The van der Waals surface area contributed by atoms with Gasteiger partial charge in [-0.1, -0.05) is 60.7 Å². The number of carbonyl (C=O) groups is 1. The first-order valence-corrected chi connectivity index (χ1v) is 8.53. The van der Waals surface area contributed by atoms with Crippen molar-refractivity contribution in [3.8, 4) is 0 Å². The Labute approximate surface area is 145 Å². The molecule has 0 aliphatic heterocycles. The zero-order valence-corrected chi connectivity index (χ0v) is 14.0. The van der Waals surface area contributed by atoms with Crippen LogP contribution in [0.3, 0.4) is 0 Å². The minimum atomic E-state index is -0.432. The molecule has 122 valence electrons. The first kappa shape index (κ1) is 16.2. The second-order valence-electron chi connectivity index (χ2n) is 5.30. The van der Waals surface area contributed by atoms with E-state index in [1.165, 1.54) is 10.4 Å². The maximum absolute atomic E-state index is 11.7. The van der Waals surface area contributed by atoms with Crippen molar-refractivity contribution < 1.29 is 9.53 Å². The van der Waals surface area contributed by atoms with Gasteiger partial charge in [0.25, 0.3) is 0 Å². The van der Waals surface area contributed by atoms with E-state index in [0.717, 1.165) is 17.0 Å². The minimum absolute atomic E-state index is 0.268. The van der Waals surface area contributed by atoms with Gasteiger partial charge in [-0.15, -0.1) is 11.3 Å². The normalized spacial score (nSPS) is 10.3. The molecule has 1 aromatic heterocycles. The van der Waals surface area contributed by atoms with Crippen LogP contribution in [0.2, 0.25) is 0 Å². The fraction of sp³-hybridized carbons (Fsp3) is 0.158. The summed E-state index contributed by atoms with van der Waals surface area (Å²) in [6.07, 6.45) is 2.29. The van der Waals surface area contributed by atoms with Crippen molar-refractivity contribution in [3.63, 3.8) is 0 Å². The molecule has 2 aromatic carbocycles. The van der Waals surface area contributed by atoms with E-state index in [1.54, 1.807) is 11.3 Å². The number of alkyl carbamates (subject to hydrolysis) is 1. The molecule has 0 fully saturated rings. The van der Waals surface area contributed by atoms with Gasteiger partial charge in [0, 0.05) is 17.5 Å². The number of rotatable bonds is 6. The van der Waals surface area contributed by atoms with Crippen LogP contribution in [0.1, 0.15) is 21.0 Å². The smallest absolute Gasteiger partial charge is 0.407 e. The highest BCUT2D eigenvalue weighted by molar-refractivity contribution is 7.11. The summed E-state index contributed by atoms with van der Waals surface area (Å²) in [5.41, 5.74) is 2.22. The third kappa shape index (κ3) is 4.93. The monoisotopic (exact) mass is 338 g/mol. The Balaban J connectivity index is 1.44. The van der Waals surface area contributed by atoms with Crippen molar-refractivity contribution in [2.75, 3.05) is 0 Å². The van der Waals surface area contributed by atoms with Crippen molar-refractivity contribution in [2.45, 2.75) is 19.6 Å². The zero-order chi connectivity index (χ0) is 16.6. The van der Waals surface area contributed by atoms with Gasteiger partial charge in [-0.05, 0) is 11.1 Å². The number of benzene rings is 2. The minimum Gasteiger partial charge on any atom is -0.445 e. The molecule has 0 radical (unpaired) electrons. The van der Waals surface area contributed by atoms with Crippen LogP contribution in [0.15, 0.2) is 66.9 Å². The average molecular weight is 338 g/mol. The molecule has 0 saturated carbocycles. The van der Waals surface area contributed by atoms with Crippen molar-refractivity contribution in [1.82, 2.24) is 10.3 Å². The Bertz CT molecular complexity index is 772. The average Bonchev–Trinajstić information content (AvgIpc) is 3.07. The summed E-state index contributed by atoms with van der Waals surface area (Å²) in [5, 5.41) is 3.61. The van der Waals surface area contributed by atoms with Gasteiger partial charge in [0.1, 0.15) is 11.6 Å². The van der Waals surface area contributed by atoms with Gasteiger partial charge in [0.2, 0.25) is 0 Å². The molecular formula is C19H18N2O2S. The van der Waals surface area contributed by atoms with Crippen LogP contribution in [0.4, 0.5) is 4.79 Å². The lowest BCUT2D eigenvalue weighted by molar-refractivity contribution is 0.139. The Kier molecular flexibility index (Phi) is 5.58. The van der Waals surface area contributed by atoms with E-state index in [1.807, 2.05) is 54.7 Å². The first-order chi connectivity index (χ1) is 11.8. The number of hydrogen-bond donors (Lipinski definition) is 1. The lowest BCUT2D eigenvalue weighted by atomic mass is 10.1. The predicted octanol–water partition coefficient (Wildman–Crippen LogP) is 4.16. The third-order valence-corrected chi connectivity index (χ3v) is 4.42. The Morgan fingerprint density at radius 2 is 1.67 bits per heavy atom. The zero-order valence-electron chi connectivity index (χ0n) is 13.1. The van der Waals surface area contributed by atoms with Gasteiger partial charge < -0.3 is 10.1 Å². The van der Waals surface area contributed by atoms with E-state index >= 15 is 0 Å². The molecule has 0 atom stereocenters. The molecule has 0 unspecified atom stereocenters. The number of amides is 1. The van der Waals surface area contributed by atoms with Gasteiger partial charge in [-0.2, -0.15) is 0 Å². The second-order valence-corrected chi connectivity index (χ2v) is 6.50. The fourth-order valence-corrected chi connectivity index (χ4v) is 3.13. The summed E-state index contributed by atoms with van der Waals surface area (Å²) >= 11 is 1.60. The summed E-state index contributed by atoms with van der Waals surface area (Å²) in [6, 6.07) is 19.9. The van der Waals surface area contributed by atoms with Gasteiger partial charge in [-0.3, -0.25) is 0 Å². The molecule has 3 rings (SSSR count). The van der Waals surface area contributed by atoms with Crippen LogP contribution >= 0.6 is 11.3 Å². The molecule has 0 aliphatic rings. The molecule has 0 aliphatic carbocycles. The number of carbonyl (C=O) groups excluding carboxylic acids is 1. The molecule has 0 spiro atoms. The maximum atomic E-state index is 11.7. The van der Waals surface area contributed by atoms with Crippen LogP contribution < -0.4 is 5.32 Å². The predicted molar refractivity (Wildman–Crippen MR) is 94.8 cm³/mol. The topological polar surface area (TPSA) is 51.2 Å². The SMILES string of the molecule is O=C(NCc1ncc(Cc2ccccc2)s1)OCc1ccccc1. The number of hydrogen-bond acceptors (Lipinski definition) is 4. The summed E-state index contributed by atoms with van der Waals surface area (Å²) in [5.74, 6) is 0. The van der Waals surface area contributed by atoms with E-state index < -0.39 is 6.09 Å². The molecule has 0 saturated heterocycles. The van der Waals surface area contributed by atoms with E-state index in [9.17, 15) is 4.79 Å². The fourth-order valence-electron chi connectivity index (χ4n) is 2.23.